The molecule has 1 N–H and O–H groups in total. The van der Waals surface area contributed by atoms with Crippen LogP contribution in [-0.2, 0) is 9.84 Å². The summed E-state index contributed by atoms with van der Waals surface area (Å²) in [5, 5.41) is 2.89. The molecule has 1 aliphatic rings. The fourth-order valence-corrected chi connectivity index (χ4v) is 3.62. The number of sulfone groups is 1. The van der Waals surface area contributed by atoms with E-state index < -0.39 is 9.84 Å². The number of alkyl halides is 1. The first kappa shape index (κ1) is 12.9. The molecule has 1 aliphatic carbocycles. The second kappa shape index (κ2) is 5.80. The molecule has 2 unspecified atom stereocenters. The summed E-state index contributed by atoms with van der Waals surface area (Å²) in [6, 6.07) is 0.0281. The lowest BCUT2D eigenvalue weighted by Gasteiger charge is -2.30. The van der Waals surface area contributed by atoms with Crippen molar-refractivity contribution in [2.75, 3.05) is 19.5 Å². The van der Waals surface area contributed by atoms with E-state index in [9.17, 15) is 12.8 Å². The van der Waals surface area contributed by atoms with Crippen LogP contribution in [0, 0.1) is 0 Å². The zero-order valence-electron chi connectivity index (χ0n) is 9.21. The van der Waals surface area contributed by atoms with Gasteiger partial charge in [-0.25, -0.2) is 8.42 Å². The number of hydrogen-bond donors (Lipinski definition) is 1. The molecule has 0 aromatic rings. The molecular weight excluding hydrogens is 217 g/mol. The van der Waals surface area contributed by atoms with Gasteiger partial charge in [0.25, 0.3) is 0 Å². The first-order valence-electron chi connectivity index (χ1n) is 5.54. The summed E-state index contributed by atoms with van der Waals surface area (Å²) in [6.07, 6.45) is 5.45. The van der Waals surface area contributed by atoms with Gasteiger partial charge in [0, 0.05) is 12.3 Å². The Morgan fingerprint density at radius 3 is 2.60 bits per heavy atom. The summed E-state index contributed by atoms with van der Waals surface area (Å²) in [5.74, 6) is 0. The third-order valence-electron chi connectivity index (χ3n) is 2.97. The standard InChI is InChI=1S/C10H20FNO2S/c1-15(13,14)10-6-3-2-5-9(10)12-8-4-7-11/h9-10,12H,2-8H2,1H3. The molecule has 0 aromatic heterocycles. The minimum absolute atomic E-state index is 0.0281. The van der Waals surface area contributed by atoms with Gasteiger partial charge in [0.15, 0.2) is 9.84 Å². The van der Waals surface area contributed by atoms with Crippen molar-refractivity contribution in [1.82, 2.24) is 5.32 Å². The lowest BCUT2D eigenvalue weighted by molar-refractivity contribution is 0.360. The van der Waals surface area contributed by atoms with Gasteiger partial charge in [-0.2, -0.15) is 0 Å². The second-order valence-electron chi connectivity index (χ2n) is 4.26. The highest BCUT2D eigenvalue weighted by Gasteiger charge is 2.31. The fraction of sp³-hybridized carbons (Fsp3) is 1.00. The quantitative estimate of drug-likeness (QED) is 0.733. The summed E-state index contributed by atoms with van der Waals surface area (Å²) < 4.78 is 35.0. The van der Waals surface area contributed by atoms with Crippen molar-refractivity contribution in [3.8, 4) is 0 Å². The fourth-order valence-electron chi connectivity index (χ4n) is 2.20. The molecule has 0 aromatic carbocycles. The van der Waals surface area contributed by atoms with Gasteiger partial charge in [-0.3, -0.25) is 4.39 Å². The summed E-state index contributed by atoms with van der Waals surface area (Å²) in [7, 11) is -2.97. The lowest BCUT2D eigenvalue weighted by Crippen LogP contribution is -2.46. The molecule has 0 spiro atoms. The zero-order chi connectivity index (χ0) is 11.3. The van der Waals surface area contributed by atoms with Gasteiger partial charge >= 0.3 is 0 Å². The molecular formula is C10H20FNO2S. The Bertz CT molecular complexity index is 279. The van der Waals surface area contributed by atoms with E-state index in [0.29, 0.717) is 13.0 Å². The molecule has 0 bridgehead atoms. The van der Waals surface area contributed by atoms with E-state index in [1.54, 1.807) is 0 Å². The molecule has 1 rings (SSSR count). The molecule has 0 saturated heterocycles. The van der Waals surface area contributed by atoms with Crippen LogP contribution in [0.4, 0.5) is 4.39 Å². The Labute approximate surface area is 91.4 Å². The molecule has 0 aliphatic heterocycles. The molecule has 90 valence electrons. The van der Waals surface area contributed by atoms with Crippen molar-refractivity contribution in [3.63, 3.8) is 0 Å². The number of hydrogen-bond acceptors (Lipinski definition) is 3. The normalized spacial score (nSPS) is 27.9. The zero-order valence-corrected chi connectivity index (χ0v) is 10.0. The molecule has 0 heterocycles. The van der Waals surface area contributed by atoms with Gasteiger partial charge in [-0.1, -0.05) is 12.8 Å². The topological polar surface area (TPSA) is 46.2 Å². The average molecular weight is 237 g/mol. The van der Waals surface area contributed by atoms with Gasteiger partial charge < -0.3 is 5.32 Å². The number of halogens is 1. The van der Waals surface area contributed by atoms with Crippen molar-refractivity contribution in [2.24, 2.45) is 0 Å². The van der Waals surface area contributed by atoms with E-state index in [-0.39, 0.29) is 18.0 Å². The Morgan fingerprint density at radius 1 is 1.33 bits per heavy atom. The maximum atomic E-state index is 11.9. The van der Waals surface area contributed by atoms with E-state index in [0.717, 1.165) is 25.7 Å². The Morgan fingerprint density at radius 2 is 2.00 bits per heavy atom. The summed E-state index contributed by atoms with van der Waals surface area (Å²) in [4.78, 5) is 0. The van der Waals surface area contributed by atoms with Crippen LogP contribution in [0.15, 0.2) is 0 Å². The van der Waals surface area contributed by atoms with E-state index in [2.05, 4.69) is 5.32 Å². The van der Waals surface area contributed by atoms with Crippen molar-refractivity contribution >= 4 is 9.84 Å². The Kier molecular flexibility index (Phi) is 4.99. The smallest absolute Gasteiger partial charge is 0.151 e. The first-order chi connectivity index (χ1) is 7.05. The van der Waals surface area contributed by atoms with Crippen LogP contribution < -0.4 is 5.32 Å². The SMILES string of the molecule is CS(=O)(=O)C1CCCCC1NCCCF. The largest absolute Gasteiger partial charge is 0.313 e. The van der Waals surface area contributed by atoms with Crippen molar-refractivity contribution in [2.45, 2.75) is 43.4 Å². The van der Waals surface area contributed by atoms with Crippen LogP contribution in [0.1, 0.15) is 32.1 Å². The van der Waals surface area contributed by atoms with Crippen LogP contribution in [0.3, 0.4) is 0 Å². The summed E-state index contributed by atoms with van der Waals surface area (Å²) in [5.41, 5.74) is 0. The third-order valence-corrected chi connectivity index (χ3v) is 4.63. The molecule has 1 fully saturated rings. The predicted molar refractivity (Wildman–Crippen MR) is 59.5 cm³/mol. The van der Waals surface area contributed by atoms with Gasteiger partial charge in [0.2, 0.25) is 0 Å². The predicted octanol–water partition coefficient (Wildman–Crippen LogP) is 1.29. The van der Waals surface area contributed by atoms with Crippen LogP contribution in [0.2, 0.25) is 0 Å². The summed E-state index contributed by atoms with van der Waals surface area (Å²) in [6.45, 7) is 0.233. The van der Waals surface area contributed by atoms with Crippen molar-refractivity contribution in [1.29, 1.82) is 0 Å². The molecule has 0 radical (unpaired) electrons. The van der Waals surface area contributed by atoms with E-state index in [1.165, 1.54) is 6.26 Å². The molecule has 1 saturated carbocycles. The van der Waals surface area contributed by atoms with Crippen LogP contribution in [-0.4, -0.2) is 39.2 Å². The van der Waals surface area contributed by atoms with Gasteiger partial charge in [0.05, 0.1) is 11.9 Å². The lowest BCUT2D eigenvalue weighted by atomic mass is 9.95. The molecule has 0 amide bonds. The van der Waals surface area contributed by atoms with E-state index >= 15 is 0 Å². The Balaban J connectivity index is 2.51. The van der Waals surface area contributed by atoms with Crippen molar-refractivity contribution in [3.05, 3.63) is 0 Å². The maximum Gasteiger partial charge on any atom is 0.151 e. The van der Waals surface area contributed by atoms with Crippen LogP contribution in [0.25, 0.3) is 0 Å². The van der Waals surface area contributed by atoms with Gasteiger partial charge in [-0.05, 0) is 25.8 Å². The maximum absolute atomic E-state index is 11.9. The average Bonchev–Trinajstić information content (AvgIpc) is 2.17. The highest BCUT2D eigenvalue weighted by atomic mass is 32.2. The van der Waals surface area contributed by atoms with E-state index in [1.807, 2.05) is 0 Å². The molecule has 5 heteroatoms. The third kappa shape index (κ3) is 4.07. The summed E-state index contributed by atoms with van der Waals surface area (Å²) >= 11 is 0. The molecule has 2 atom stereocenters. The van der Waals surface area contributed by atoms with Crippen molar-refractivity contribution < 1.29 is 12.8 Å². The van der Waals surface area contributed by atoms with E-state index in [4.69, 9.17) is 0 Å². The second-order valence-corrected chi connectivity index (χ2v) is 6.52. The van der Waals surface area contributed by atoms with Gasteiger partial charge in [0.1, 0.15) is 0 Å². The highest BCUT2D eigenvalue weighted by Crippen LogP contribution is 2.23. The molecule has 3 nitrogen and oxygen atoms in total. The number of rotatable bonds is 5. The molecule has 15 heavy (non-hydrogen) atoms. The minimum atomic E-state index is -2.97. The van der Waals surface area contributed by atoms with Gasteiger partial charge in [-0.15, -0.1) is 0 Å². The first-order valence-corrected chi connectivity index (χ1v) is 7.49. The monoisotopic (exact) mass is 237 g/mol. The minimum Gasteiger partial charge on any atom is -0.313 e. The Hall–Kier alpha value is -0.160. The van der Waals surface area contributed by atoms with Crippen LogP contribution >= 0.6 is 0 Å². The van der Waals surface area contributed by atoms with Crippen LogP contribution in [0.5, 0.6) is 0 Å². The number of nitrogens with one attached hydrogen (secondary N) is 1. The highest BCUT2D eigenvalue weighted by molar-refractivity contribution is 7.91.